The van der Waals surface area contributed by atoms with Gasteiger partial charge < -0.3 is 10.4 Å². The van der Waals surface area contributed by atoms with Crippen molar-refractivity contribution in [1.82, 2.24) is 4.98 Å². The highest BCUT2D eigenvalue weighted by Crippen LogP contribution is 2.35. The van der Waals surface area contributed by atoms with Gasteiger partial charge in [-0.2, -0.15) is 8.96 Å². The number of rotatable bonds is 4. The van der Waals surface area contributed by atoms with Gasteiger partial charge >= 0.3 is 0 Å². The molecule has 26 heavy (non-hydrogen) atoms. The number of nitrogens with zero attached hydrogens (tertiary/aromatic N) is 1. The van der Waals surface area contributed by atoms with Gasteiger partial charge in [-0.25, -0.2) is 0 Å². The van der Waals surface area contributed by atoms with Crippen LogP contribution in [0.2, 0.25) is 0 Å². The van der Waals surface area contributed by atoms with Crippen LogP contribution in [0.15, 0.2) is 48.8 Å². The van der Waals surface area contributed by atoms with E-state index in [1.165, 1.54) is 16.5 Å². The molecule has 1 aromatic carbocycles. The quantitative estimate of drug-likeness (QED) is 0.757. The molecule has 0 amide bonds. The van der Waals surface area contributed by atoms with Crippen LogP contribution in [0.5, 0.6) is 0 Å². The Morgan fingerprint density at radius 2 is 2.12 bits per heavy atom. The maximum atomic E-state index is 9.70. The van der Waals surface area contributed by atoms with Gasteiger partial charge in [-0.15, -0.1) is 0 Å². The number of aromatic nitrogens is 1. The van der Waals surface area contributed by atoms with Crippen molar-refractivity contribution in [2.75, 3.05) is 29.0 Å². The van der Waals surface area contributed by atoms with E-state index in [1.54, 1.807) is 0 Å². The second-order valence-electron chi connectivity index (χ2n) is 8.02. The summed E-state index contributed by atoms with van der Waals surface area (Å²) in [6, 6.07) is 6.91. The smallest absolute Gasteiger partial charge is 0.0825 e. The van der Waals surface area contributed by atoms with Crippen LogP contribution >= 0.6 is 0 Å². The molecule has 0 bridgehead atoms. The molecule has 1 aliphatic heterocycles. The molecule has 1 aromatic heterocycles. The Labute approximate surface area is 154 Å². The molecular formula is C21H27N3OS. The van der Waals surface area contributed by atoms with E-state index in [4.69, 9.17) is 4.78 Å². The van der Waals surface area contributed by atoms with E-state index in [0.717, 1.165) is 41.8 Å². The first-order valence-electron chi connectivity index (χ1n) is 9.20. The summed E-state index contributed by atoms with van der Waals surface area (Å²) in [5.74, 6) is 1.67. The van der Waals surface area contributed by atoms with Gasteiger partial charge in [-0.3, -0.25) is 9.76 Å². The van der Waals surface area contributed by atoms with Crippen molar-refractivity contribution in [2.45, 2.75) is 25.3 Å². The maximum Gasteiger partial charge on any atom is 0.0825 e. The third-order valence-electron chi connectivity index (χ3n) is 5.76. The minimum Gasteiger partial charge on any atom is -0.386 e. The SMILES string of the molecule is CS1(=N)(CO)CCC(Nc2cc(C3=CC=CC3)cc3ccncc23)CC1. The predicted molar refractivity (Wildman–Crippen MR) is 113 cm³/mol. The Kier molecular flexibility index (Phi) is 4.24. The molecule has 0 unspecified atom stereocenters. The predicted octanol–water partition coefficient (Wildman–Crippen LogP) is 4.18. The molecule has 3 N–H and O–H groups in total. The average Bonchev–Trinajstić information content (AvgIpc) is 3.19. The third kappa shape index (κ3) is 3.33. The van der Waals surface area contributed by atoms with Crippen LogP contribution < -0.4 is 5.32 Å². The Morgan fingerprint density at radius 3 is 2.81 bits per heavy atom. The number of aliphatic hydroxyl groups is 1. The molecule has 0 atom stereocenters. The van der Waals surface area contributed by atoms with Crippen LogP contribution in [0.4, 0.5) is 5.69 Å². The molecule has 5 heteroatoms. The van der Waals surface area contributed by atoms with Gasteiger partial charge in [0.1, 0.15) is 0 Å². The van der Waals surface area contributed by atoms with Gasteiger partial charge in [0.15, 0.2) is 0 Å². The molecule has 138 valence electrons. The fourth-order valence-electron chi connectivity index (χ4n) is 3.88. The molecule has 2 aromatic rings. The topological polar surface area (TPSA) is 69.0 Å². The number of hydrogen-bond donors (Lipinski definition) is 3. The largest absolute Gasteiger partial charge is 0.386 e. The number of fused-ring (bicyclic) bond motifs is 1. The first kappa shape index (κ1) is 17.4. The lowest BCUT2D eigenvalue weighted by Gasteiger charge is -2.46. The average molecular weight is 370 g/mol. The van der Waals surface area contributed by atoms with E-state index in [9.17, 15) is 5.11 Å². The lowest BCUT2D eigenvalue weighted by Crippen LogP contribution is -2.48. The zero-order valence-electron chi connectivity index (χ0n) is 15.2. The fourth-order valence-corrected chi connectivity index (χ4v) is 6.28. The summed E-state index contributed by atoms with van der Waals surface area (Å²) in [4.78, 5) is 4.32. The summed E-state index contributed by atoms with van der Waals surface area (Å²) in [6.45, 7) is 0. The minimum absolute atomic E-state index is 0.0351. The van der Waals surface area contributed by atoms with E-state index in [0.29, 0.717) is 6.04 Å². The van der Waals surface area contributed by atoms with Crippen molar-refractivity contribution in [3.63, 3.8) is 0 Å². The van der Waals surface area contributed by atoms with Gasteiger partial charge in [-0.1, -0.05) is 18.2 Å². The highest BCUT2D eigenvalue weighted by molar-refractivity contribution is 8.20. The second kappa shape index (κ2) is 6.32. The first-order chi connectivity index (χ1) is 12.4. The molecule has 2 heterocycles. The Balaban J connectivity index is 1.63. The van der Waals surface area contributed by atoms with Crippen molar-refractivity contribution < 1.29 is 5.11 Å². The molecule has 1 fully saturated rings. The number of anilines is 1. The van der Waals surface area contributed by atoms with Gasteiger partial charge in [0.25, 0.3) is 0 Å². The summed E-state index contributed by atoms with van der Waals surface area (Å²) in [6.07, 6.45) is 15.1. The van der Waals surface area contributed by atoms with Gasteiger partial charge in [0, 0.05) is 29.5 Å². The summed E-state index contributed by atoms with van der Waals surface area (Å²) in [5, 5.41) is 15.8. The Morgan fingerprint density at radius 1 is 1.31 bits per heavy atom. The van der Waals surface area contributed by atoms with Crippen LogP contribution in [0, 0.1) is 4.78 Å². The van der Waals surface area contributed by atoms with Gasteiger partial charge in [-0.05, 0) is 71.7 Å². The highest BCUT2D eigenvalue weighted by Gasteiger charge is 2.32. The monoisotopic (exact) mass is 369 g/mol. The Hall–Kier alpha value is -1.98. The molecule has 1 saturated heterocycles. The zero-order chi connectivity index (χ0) is 18.2. The number of nitrogens with one attached hydrogen (secondary N) is 2. The molecular weight excluding hydrogens is 342 g/mol. The summed E-state index contributed by atoms with van der Waals surface area (Å²) in [7, 11) is -2.33. The van der Waals surface area contributed by atoms with Gasteiger partial charge in [0.05, 0.1) is 5.94 Å². The molecule has 0 radical (unpaired) electrons. The van der Waals surface area contributed by atoms with E-state index >= 15 is 0 Å². The van der Waals surface area contributed by atoms with Gasteiger partial charge in [0.2, 0.25) is 0 Å². The lowest BCUT2D eigenvalue weighted by atomic mass is 9.99. The van der Waals surface area contributed by atoms with Crippen LogP contribution in [-0.2, 0) is 8.96 Å². The van der Waals surface area contributed by atoms with Crippen molar-refractivity contribution in [3.8, 4) is 0 Å². The van der Waals surface area contributed by atoms with Crippen molar-refractivity contribution in [1.29, 1.82) is 4.78 Å². The van der Waals surface area contributed by atoms with Crippen LogP contribution in [0.1, 0.15) is 24.8 Å². The van der Waals surface area contributed by atoms with Crippen molar-refractivity contribution in [2.24, 2.45) is 0 Å². The molecule has 4 nitrogen and oxygen atoms in total. The number of benzene rings is 1. The molecule has 0 spiro atoms. The third-order valence-corrected chi connectivity index (χ3v) is 9.36. The summed E-state index contributed by atoms with van der Waals surface area (Å²) >= 11 is 0. The summed E-state index contributed by atoms with van der Waals surface area (Å²) < 4.78 is 8.68. The second-order valence-corrected chi connectivity index (χ2v) is 13.3. The van der Waals surface area contributed by atoms with E-state index < -0.39 is 8.96 Å². The number of hydrogen-bond acceptors (Lipinski definition) is 4. The van der Waals surface area contributed by atoms with Crippen molar-refractivity contribution in [3.05, 3.63) is 54.4 Å². The molecule has 0 saturated carbocycles. The highest BCUT2D eigenvalue weighted by atomic mass is 32.3. The Bertz CT molecular complexity index is 964. The standard InChI is InChI=1S/C21H27N3OS/c1-26(22,15-25)10-7-19(8-11-26)24-21-13-18(16-4-2-3-5-16)12-17-6-9-23-14-20(17)21/h2-4,6,9,12-14,19,22,24-25H,5,7-8,10-11,15H2,1H3. The van der Waals surface area contributed by atoms with Crippen LogP contribution in [-0.4, -0.2) is 39.8 Å². The van der Waals surface area contributed by atoms with E-state index in [1.807, 2.05) is 18.6 Å². The summed E-state index contributed by atoms with van der Waals surface area (Å²) in [5.41, 5.74) is 3.74. The van der Waals surface area contributed by atoms with Crippen LogP contribution in [0.25, 0.3) is 16.3 Å². The van der Waals surface area contributed by atoms with E-state index in [-0.39, 0.29) is 5.94 Å². The normalized spacial score (nSPS) is 25.4. The molecule has 1 aliphatic carbocycles. The maximum absolute atomic E-state index is 9.70. The molecule has 2 aliphatic rings. The zero-order valence-corrected chi connectivity index (χ0v) is 16.1. The van der Waals surface area contributed by atoms with Crippen molar-refractivity contribution >= 4 is 31.0 Å². The van der Waals surface area contributed by atoms with Crippen LogP contribution in [0.3, 0.4) is 0 Å². The van der Waals surface area contributed by atoms with E-state index in [2.05, 4.69) is 46.7 Å². The number of pyridine rings is 1. The first-order valence-corrected chi connectivity index (χ1v) is 12.2. The number of aliphatic hydroxyl groups excluding tert-OH is 1. The minimum atomic E-state index is -2.33. The molecule has 4 rings (SSSR count). The number of allylic oxidation sites excluding steroid dienone is 4. The fraction of sp³-hybridized carbons (Fsp3) is 0.381. The lowest BCUT2D eigenvalue weighted by molar-refractivity contribution is 0.366.